The molecule has 0 saturated carbocycles. The van der Waals surface area contributed by atoms with Crippen LogP contribution in [0.5, 0.6) is 0 Å². The highest BCUT2D eigenvalue weighted by atomic mass is 19.4. The van der Waals surface area contributed by atoms with Crippen LogP contribution in [0.2, 0.25) is 0 Å². The first-order chi connectivity index (χ1) is 9.52. The van der Waals surface area contributed by atoms with Crippen LogP contribution < -0.4 is 5.32 Å². The van der Waals surface area contributed by atoms with Crippen molar-refractivity contribution in [2.45, 2.75) is 38.2 Å². The van der Waals surface area contributed by atoms with E-state index in [1.54, 1.807) is 14.0 Å². The Labute approximate surface area is 118 Å². The number of hydrogen-bond acceptors (Lipinski definition) is 2. The summed E-state index contributed by atoms with van der Waals surface area (Å²) in [4.78, 5) is 12.4. The molecule has 3 nitrogen and oxygen atoms in total. The Morgan fingerprint density at radius 1 is 1.24 bits per heavy atom. The number of nitrogens with one attached hydrogen (secondary N) is 1. The summed E-state index contributed by atoms with van der Waals surface area (Å²) in [5.74, 6) is -5.99. The van der Waals surface area contributed by atoms with E-state index in [0.29, 0.717) is 17.7 Å². The molecule has 0 bridgehead atoms. The first-order valence-corrected chi connectivity index (χ1v) is 6.61. The number of halogens is 6. The van der Waals surface area contributed by atoms with Gasteiger partial charge in [0, 0.05) is 19.1 Å². The summed E-state index contributed by atoms with van der Waals surface area (Å²) < 4.78 is 75.4. The van der Waals surface area contributed by atoms with Crippen LogP contribution in [0.4, 0.5) is 26.3 Å². The first kappa shape index (κ1) is 18.1. The lowest BCUT2D eigenvalue weighted by Gasteiger charge is -2.40. The number of carbonyl (C=O) groups is 1. The van der Waals surface area contributed by atoms with Crippen LogP contribution in [0.15, 0.2) is 0 Å². The SMILES string of the molecule is CCC1CN(C(=O)C(C(F)(F)F)C(F)(F)F)CCC1NC. The standard InChI is InChI=1S/C12H18F6N2O/c1-3-7-6-20(5-4-8(7)19-2)10(21)9(11(13,14)15)12(16,17)18/h7-9,19H,3-6H2,1-2H3. The van der Waals surface area contributed by atoms with Gasteiger partial charge in [0.05, 0.1) is 0 Å². The number of piperidine rings is 1. The van der Waals surface area contributed by atoms with E-state index in [1.165, 1.54) is 0 Å². The number of likely N-dealkylation sites (tertiary alicyclic amines) is 1. The second kappa shape index (κ2) is 6.41. The van der Waals surface area contributed by atoms with E-state index in [4.69, 9.17) is 0 Å². The number of carbonyl (C=O) groups excluding carboxylic acids is 1. The van der Waals surface area contributed by atoms with E-state index in [1.807, 2.05) is 0 Å². The van der Waals surface area contributed by atoms with Crippen molar-refractivity contribution >= 4 is 5.91 Å². The molecule has 0 spiro atoms. The molecule has 1 aliphatic heterocycles. The molecule has 1 fully saturated rings. The van der Waals surface area contributed by atoms with Gasteiger partial charge in [-0.05, 0) is 19.4 Å². The molecule has 21 heavy (non-hydrogen) atoms. The highest BCUT2D eigenvalue weighted by Gasteiger charge is 2.62. The third kappa shape index (κ3) is 4.24. The van der Waals surface area contributed by atoms with Crippen molar-refractivity contribution < 1.29 is 31.1 Å². The van der Waals surface area contributed by atoms with Gasteiger partial charge in [0.25, 0.3) is 0 Å². The van der Waals surface area contributed by atoms with Gasteiger partial charge in [0.15, 0.2) is 0 Å². The number of alkyl halides is 6. The summed E-state index contributed by atoms with van der Waals surface area (Å²) in [6.45, 7) is 1.58. The maximum atomic E-state index is 12.6. The molecule has 1 amide bonds. The zero-order valence-corrected chi connectivity index (χ0v) is 11.7. The monoisotopic (exact) mass is 320 g/mol. The molecule has 1 aliphatic rings. The molecule has 1 saturated heterocycles. The van der Waals surface area contributed by atoms with E-state index in [9.17, 15) is 31.1 Å². The van der Waals surface area contributed by atoms with Crippen molar-refractivity contribution in [3.05, 3.63) is 0 Å². The number of amides is 1. The minimum absolute atomic E-state index is 0.00530. The molecule has 9 heteroatoms. The largest absolute Gasteiger partial charge is 0.409 e. The van der Waals surface area contributed by atoms with Gasteiger partial charge in [-0.25, -0.2) is 0 Å². The lowest BCUT2D eigenvalue weighted by atomic mass is 9.89. The Hall–Kier alpha value is -0.990. The second-order valence-electron chi connectivity index (χ2n) is 5.15. The highest BCUT2D eigenvalue weighted by Crippen LogP contribution is 2.41. The van der Waals surface area contributed by atoms with Crippen LogP contribution in [-0.4, -0.2) is 49.3 Å². The van der Waals surface area contributed by atoms with Gasteiger partial charge in [-0.3, -0.25) is 4.79 Å². The minimum Gasteiger partial charge on any atom is -0.341 e. The maximum Gasteiger partial charge on any atom is 0.409 e. The van der Waals surface area contributed by atoms with Crippen LogP contribution in [0.25, 0.3) is 0 Å². The predicted molar refractivity (Wildman–Crippen MR) is 63.4 cm³/mol. The van der Waals surface area contributed by atoms with Gasteiger partial charge in [-0.1, -0.05) is 13.3 Å². The van der Waals surface area contributed by atoms with Crippen molar-refractivity contribution in [3.63, 3.8) is 0 Å². The van der Waals surface area contributed by atoms with E-state index in [0.717, 1.165) is 0 Å². The average Bonchev–Trinajstić information content (AvgIpc) is 2.34. The quantitative estimate of drug-likeness (QED) is 0.811. The topological polar surface area (TPSA) is 32.3 Å². The molecule has 1 rings (SSSR count). The fraction of sp³-hybridized carbons (Fsp3) is 0.917. The van der Waals surface area contributed by atoms with Crippen LogP contribution in [0.3, 0.4) is 0 Å². The van der Waals surface area contributed by atoms with Crippen molar-refractivity contribution in [1.29, 1.82) is 0 Å². The first-order valence-electron chi connectivity index (χ1n) is 6.61. The van der Waals surface area contributed by atoms with Crippen LogP contribution in [-0.2, 0) is 4.79 Å². The smallest absolute Gasteiger partial charge is 0.341 e. The van der Waals surface area contributed by atoms with E-state index < -0.39 is 24.2 Å². The Morgan fingerprint density at radius 2 is 1.76 bits per heavy atom. The van der Waals surface area contributed by atoms with E-state index in [-0.39, 0.29) is 25.0 Å². The molecule has 0 aromatic carbocycles. The van der Waals surface area contributed by atoms with Gasteiger partial charge in [-0.15, -0.1) is 0 Å². The van der Waals surface area contributed by atoms with Gasteiger partial charge in [-0.2, -0.15) is 26.3 Å². The minimum atomic E-state index is -5.63. The summed E-state index contributed by atoms with van der Waals surface area (Å²) >= 11 is 0. The zero-order valence-electron chi connectivity index (χ0n) is 11.7. The Balaban J connectivity index is 2.91. The zero-order chi connectivity index (χ0) is 16.4. The summed E-state index contributed by atoms with van der Waals surface area (Å²) in [5.41, 5.74) is 0. The molecule has 0 aliphatic carbocycles. The summed E-state index contributed by atoms with van der Waals surface area (Å²) in [7, 11) is 1.68. The lowest BCUT2D eigenvalue weighted by Crippen LogP contribution is -2.55. The number of rotatable bonds is 3. The highest BCUT2D eigenvalue weighted by molar-refractivity contribution is 5.80. The molecule has 2 unspecified atom stereocenters. The third-order valence-corrected chi connectivity index (χ3v) is 3.84. The summed E-state index contributed by atoms with van der Waals surface area (Å²) in [6.07, 6.45) is -10.4. The molecular weight excluding hydrogens is 302 g/mol. The molecule has 1 N–H and O–H groups in total. The summed E-state index contributed by atoms with van der Waals surface area (Å²) in [5, 5.41) is 2.97. The maximum absolute atomic E-state index is 12.6. The van der Waals surface area contributed by atoms with Gasteiger partial charge in [0.2, 0.25) is 11.8 Å². The van der Waals surface area contributed by atoms with Crippen LogP contribution >= 0.6 is 0 Å². The Kier molecular flexibility index (Phi) is 5.51. The fourth-order valence-corrected chi connectivity index (χ4v) is 2.67. The average molecular weight is 320 g/mol. The van der Waals surface area contributed by atoms with E-state index >= 15 is 0 Å². The second-order valence-corrected chi connectivity index (χ2v) is 5.15. The summed E-state index contributed by atoms with van der Waals surface area (Å²) in [6, 6.07) is -0.00530. The lowest BCUT2D eigenvalue weighted by molar-refractivity contribution is -0.278. The molecule has 1 heterocycles. The van der Waals surface area contributed by atoms with Crippen molar-refractivity contribution in [2.24, 2.45) is 11.8 Å². The van der Waals surface area contributed by atoms with Gasteiger partial charge < -0.3 is 10.2 Å². The predicted octanol–water partition coefficient (Wildman–Crippen LogP) is 2.57. The van der Waals surface area contributed by atoms with Crippen molar-refractivity contribution in [3.8, 4) is 0 Å². The number of nitrogens with zero attached hydrogens (tertiary/aromatic N) is 1. The normalized spacial score (nSPS) is 24.5. The van der Waals surface area contributed by atoms with E-state index in [2.05, 4.69) is 5.32 Å². The molecule has 2 atom stereocenters. The van der Waals surface area contributed by atoms with Crippen molar-refractivity contribution in [2.75, 3.05) is 20.1 Å². The third-order valence-electron chi connectivity index (χ3n) is 3.84. The molecule has 0 aromatic rings. The van der Waals surface area contributed by atoms with Crippen LogP contribution in [0, 0.1) is 11.8 Å². The van der Waals surface area contributed by atoms with Crippen LogP contribution in [0.1, 0.15) is 19.8 Å². The molecule has 0 radical (unpaired) electrons. The van der Waals surface area contributed by atoms with Gasteiger partial charge >= 0.3 is 12.4 Å². The van der Waals surface area contributed by atoms with Crippen molar-refractivity contribution in [1.82, 2.24) is 10.2 Å². The molecular formula is C12H18F6N2O. The number of hydrogen-bond donors (Lipinski definition) is 1. The Morgan fingerprint density at radius 3 is 2.14 bits per heavy atom. The fourth-order valence-electron chi connectivity index (χ4n) is 2.67. The molecule has 0 aromatic heterocycles. The molecule has 124 valence electrons. The Bertz CT molecular complexity index is 354. The van der Waals surface area contributed by atoms with Gasteiger partial charge in [0.1, 0.15) is 0 Å².